The third-order valence-corrected chi connectivity index (χ3v) is 4.58. The molecule has 0 atom stereocenters. The summed E-state index contributed by atoms with van der Waals surface area (Å²) in [5.41, 5.74) is 4.13. The summed E-state index contributed by atoms with van der Waals surface area (Å²) in [7, 11) is 4.00. The first kappa shape index (κ1) is 16.3. The SMILES string of the molecule is COCCNCc1ccc(N(C)C2CCCCC2)c(C)c1. The van der Waals surface area contributed by atoms with E-state index in [1.165, 1.54) is 48.9 Å². The Balaban J connectivity index is 1.94. The summed E-state index contributed by atoms with van der Waals surface area (Å²) in [6.45, 7) is 4.81. The zero-order valence-electron chi connectivity index (χ0n) is 13.8. The highest BCUT2D eigenvalue weighted by Gasteiger charge is 2.19. The van der Waals surface area contributed by atoms with Crippen LogP contribution in [0, 0.1) is 6.92 Å². The Bertz CT molecular complexity index is 427. The second kappa shape index (κ2) is 8.40. The number of nitrogens with zero attached hydrogens (tertiary/aromatic N) is 1. The van der Waals surface area contributed by atoms with Crippen LogP contribution >= 0.6 is 0 Å². The third kappa shape index (κ3) is 4.72. The van der Waals surface area contributed by atoms with Gasteiger partial charge in [0, 0.05) is 39.0 Å². The van der Waals surface area contributed by atoms with E-state index in [9.17, 15) is 0 Å². The Morgan fingerprint density at radius 3 is 2.67 bits per heavy atom. The number of anilines is 1. The van der Waals surface area contributed by atoms with Crippen LogP contribution in [0.1, 0.15) is 43.2 Å². The fraction of sp³-hybridized carbons (Fsp3) is 0.667. The Hall–Kier alpha value is -1.06. The number of benzene rings is 1. The van der Waals surface area contributed by atoms with Gasteiger partial charge in [-0.2, -0.15) is 0 Å². The first-order valence-corrected chi connectivity index (χ1v) is 8.24. The molecule has 1 saturated carbocycles. The zero-order chi connectivity index (χ0) is 15.1. The van der Waals surface area contributed by atoms with Gasteiger partial charge in [-0.3, -0.25) is 0 Å². The van der Waals surface area contributed by atoms with Crippen molar-refractivity contribution in [2.45, 2.75) is 51.6 Å². The molecular weight excluding hydrogens is 260 g/mol. The Morgan fingerprint density at radius 2 is 2.00 bits per heavy atom. The van der Waals surface area contributed by atoms with Gasteiger partial charge in [0.05, 0.1) is 6.61 Å². The monoisotopic (exact) mass is 290 g/mol. The van der Waals surface area contributed by atoms with Gasteiger partial charge < -0.3 is 15.0 Å². The maximum Gasteiger partial charge on any atom is 0.0587 e. The quantitative estimate of drug-likeness (QED) is 0.778. The summed E-state index contributed by atoms with van der Waals surface area (Å²) in [5.74, 6) is 0. The molecule has 0 radical (unpaired) electrons. The van der Waals surface area contributed by atoms with Crippen LogP contribution in [0.5, 0.6) is 0 Å². The maximum absolute atomic E-state index is 5.05. The minimum absolute atomic E-state index is 0.725. The summed E-state index contributed by atoms with van der Waals surface area (Å²) < 4.78 is 5.05. The Morgan fingerprint density at radius 1 is 1.24 bits per heavy atom. The highest BCUT2D eigenvalue weighted by molar-refractivity contribution is 5.54. The smallest absolute Gasteiger partial charge is 0.0587 e. The van der Waals surface area contributed by atoms with Crippen molar-refractivity contribution < 1.29 is 4.74 Å². The van der Waals surface area contributed by atoms with Gasteiger partial charge >= 0.3 is 0 Å². The van der Waals surface area contributed by atoms with E-state index in [0.29, 0.717) is 0 Å². The van der Waals surface area contributed by atoms with Crippen molar-refractivity contribution in [3.63, 3.8) is 0 Å². The highest BCUT2D eigenvalue weighted by Crippen LogP contribution is 2.28. The third-order valence-electron chi connectivity index (χ3n) is 4.58. The van der Waals surface area contributed by atoms with Gasteiger partial charge in [-0.25, -0.2) is 0 Å². The predicted octanol–water partition coefficient (Wildman–Crippen LogP) is 3.50. The fourth-order valence-electron chi connectivity index (χ4n) is 3.30. The van der Waals surface area contributed by atoms with Gasteiger partial charge in [0.2, 0.25) is 0 Å². The van der Waals surface area contributed by atoms with E-state index in [4.69, 9.17) is 4.74 Å². The lowest BCUT2D eigenvalue weighted by Crippen LogP contribution is -2.33. The molecule has 0 amide bonds. The minimum atomic E-state index is 0.725. The van der Waals surface area contributed by atoms with Crippen molar-refractivity contribution in [1.82, 2.24) is 5.32 Å². The average molecular weight is 290 g/mol. The van der Waals surface area contributed by atoms with Gasteiger partial charge in [-0.1, -0.05) is 31.4 Å². The topological polar surface area (TPSA) is 24.5 Å². The van der Waals surface area contributed by atoms with Crippen molar-refractivity contribution in [2.75, 3.05) is 32.2 Å². The summed E-state index contributed by atoms with van der Waals surface area (Å²) >= 11 is 0. The van der Waals surface area contributed by atoms with Gasteiger partial charge in [0.15, 0.2) is 0 Å². The Kier molecular flexibility index (Phi) is 6.52. The number of hydrogen-bond donors (Lipinski definition) is 1. The molecule has 0 aliphatic heterocycles. The van der Waals surface area contributed by atoms with E-state index < -0.39 is 0 Å². The van der Waals surface area contributed by atoms with Crippen LogP contribution in [-0.4, -0.2) is 33.4 Å². The summed E-state index contributed by atoms with van der Waals surface area (Å²) in [4.78, 5) is 2.50. The van der Waals surface area contributed by atoms with Crippen LogP contribution in [-0.2, 0) is 11.3 Å². The molecule has 1 aromatic rings. The van der Waals surface area contributed by atoms with E-state index in [1.54, 1.807) is 7.11 Å². The average Bonchev–Trinajstić information content (AvgIpc) is 2.52. The molecule has 0 bridgehead atoms. The van der Waals surface area contributed by atoms with E-state index in [1.807, 2.05) is 0 Å². The molecular formula is C18H30N2O. The summed E-state index contributed by atoms with van der Waals surface area (Å²) in [5, 5.41) is 3.40. The van der Waals surface area contributed by atoms with Gasteiger partial charge in [0.1, 0.15) is 0 Å². The lowest BCUT2D eigenvalue weighted by molar-refractivity contribution is 0.199. The molecule has 1 N–H and O–H groups in total. The molecule has 1 aliphatic carbocycles. The molecule has 0 aromatic heterocycles. The molecule has 2 rings (SSSR count). The lowest BCUT2D eigenvalue weighted by Gasteiger charge is -2.34. The van der Waals surface area contributed by atoms with Crippen LogP contribution < -0.4 is 10.2 Å². The summed E-state index contributed by atoms with van der Waals surface area (Å²) in [6, 6.07) is 7.58. The minimum Gasteiger partial charge on any atom is -0.383 e. The maximum atomic E-state index is 5.05. The van der Waals surface area contributed by atoms with Gasteiger partial charge in [-0.05, 0) is 37.0 Å². The van der Waals surface area contributed by atoms with Crippen LogP contribution in [0.4, 0.5) is 5.69 Å². The fourth-order valence-corrected chi connectivity index (χ4v) is 3.30. The van der Waals surface area contributed by atoms with Crippen molar-refractivity contribution in [2.24, 2.45) is 0 Å². The standard InChI is InChI=1S/C18H30N2O/c1-15-13-16(14-19-11-12-21-3)9-10-18(15)20(2)17-7-5-4-6-8-17/h9-10,13,17,19H,4-8,11-12,14H2,1-3H3. The Labute approximate surface area is 129 Å². The van der Waals surface area contributed by atoms with Gasteiger partial charge in [-0.15, -0.1) is 0 Å². The number of nitrogens with one attached hydrogen (secondary N) is 1. The first-order chi connectivity index (χ1) is 10.2. The van der Waals surface area contributed by atoms with Crippen molar-refractivity contribution in [3.05, 3.63) is 29.3 Å². The normalized spacial score (nSPS) is 16.1. The molecule has 1 fully saturated rings. The molecule has 21 heavy (non-hydrogen) atoms. The molecule has 1 aliphatic rings. The number of methoxy groups -OCH3 is 1. The van der Waals surface area contributed by atoms with E-state index in [2.05, 4.69) is 42.4 Å². The largest absolute Gasteiger partial charge is 0.383 e. The first-order valence-electron chi connectivity index (χ1n) is 8.24. The van der Waals surface area contributed by atoms with Crippen molar-refractivity contribution in [3.8, 4) is 0 Å². The van der Waals surface area contributed by atoms with Crippen LogP contribution in [0.25, 0.3) is 0 Å². The van der Waals surface area contributed by atoms with Crippen molar-refractivity contribution in [1.29, 1.82) is 0 Å². The lowest BCUT2D eigenvalue weighted by atomic mass is 9.93. The predicted molar refractivity (Wildman–Crippen MR) is 90.0 cm³/mol. The molecule has 1 aromatic carbocycles. The molecule has 3 nitrogen and oxygen atoms in total. The van der Waals surface area contributed by atoms with Crippen LogP contribution in [0.3, 0.4) is 0 Å². The van der Waals surface area contributed by atoms with Crippen LogP contribution in [0.2, 0.25) is 0 Å². The van der Waals surface area contributed by atoms with Crippen LogP contribution in [0.15, 0.2) is 18.2 Å². The van der Waals surface area contributed by atoms with E-state index in [0.717, 1.165) is 25.7 Å². The highest BCUT2D eigenvalue weighted by atomic mass is 16.5. The molecule has 0 saturated heterocycles. The second-order valence-corrected chi connectivity index (χ2v) is 6.19. The molecule has 0 heterocycles. The zero-order valence-corrected chi connectivity index (χ0v) is 13.8. The molecule has 3 heteroatoms. The number of aryl methyl sites for hydroxylation is 1. The molecule has 0 spiro atoms. The number of rotatable bonds is 7. The van der Waals surface area contributed by atoms with Crippen molar-refractivity contribution >= 4 is 5.69 Å². The number of ether oxygens (including phenoxy) is 1. The molecule has 0 unspecified atom stereocenters. The molecule has 118 valence electrons. The van der Waals surface area contributed by atoms with E-state index >= 15 is 0 Å². The second-order valence-electron chi connectivity index (χ2n) is 6.19. The van der Waals surface area contributed by atoms with E-state index in [-0.39, 0.29) is 0 Å². The van der Waals surface area contributed by atoms with Gasteiger partial charge in [0.25, 0.3) is 0 Å². The summed E-state index contributed by atoms with van der Waals surface area (Å²) in [6.07, 6.45) is 6.87. The number of hydrogen-bond acceptors (Lipinski definition) is 3.